The molecule has 15 heteroatoms. The monoisotopic (exact) mass is 554 g/mol. The molecule has 0 spiro atoms. The second-order valence-electron chi connectivity index (χ2n) is 8.48. The molecular formula is C23H20ClF5N8O. The van der Waals surface area contributed by atoms with Crippen molar-refractivity contribution in [3.8, 4) is 11.3 Å². The van der Waals surface area contributed by atoms with E-state index in [0.717, 1.165) is 6.20 Å². The minimum atomic E-state index is -4.87. The highest BCUT2D eigenvalue weighted by Gasteiger charge is 2.38. The number of amides is 1. The van der Waals surface area contributed by atoms with Crippen LogP contribution in [0.25, 0.3) is 16.9 Å². The Bertz CT molecular complexity index is 1480. The van der Waals surface area contributed by atoms with E-state index in [1.807, 2.05) is 0 Å². The van der Waals surface area contributed by atoms with Gasteiger partial charge in [-0.2, -0.15) is 18.3 Å². The summed E-state index contributed by atoms with van der Waals surface area (Å²) in [5.74, 6) is 0.0126. The van der Waals surface area contributed by atoms with Crippen LogP contribution in [0.3, 0.4) is 0 Å². The van der Waals surface area contributed by atoms with E-state index in [0.29, 0.717) is 42.1 Å². The first-order chi connectivity index (χ1) is 18.1. The number of nitrogens with zero attached hydrogens (tertiary/aromatic N) is 6. The number of benzene rings is 1. The van der Waals surface area contributed by atoms with Crippen molar-refractivity contribution in [2.45, 2.75) is 19.1 Å². The first kappa shape index (κ1) is 25.9. The Hall–Kier alpha value is -3.78. The van der Waals surface area contributed by atoms with Crippen LogP contribution in [0.2, 0.25) is 5.02 Å². The molecule has 4 aromatic rings. The van der Waals surface area contributed by atoms with Crippen molar-refractivity contribution in [1.29, 1.82) is 0 Å². The van der Waals surface area contributed by atoms with Crippen LogP contribution in [0.4, 0.5) is 33.5 Å². The lowest BCUT2D eigenvalue weighted by Gasteiger charge is -2.27. The largest absolute Gasteiger partial charge is 0.435 e. The fourth-order valence-corrected chi connectivity index (χ4v) is 4.46. The number of hydrogen-bond donors (Lipinski definition) is 2. The topological polar surface area (TPSA) is 92.4 Å². The van der Waals surface area contributed by atoms with Crippen molar-refractivity contribution >= 4 is 34.7 Å². The molecule has 0 radical (unpaired) electrons. The summed E-state index contributed by atoms with van der Waals surface area (Å²) in [5, 5.41) is 9.74. The number of anilines is 2. The zero-order chi connectivity index (χ0) is 27.0. The van der Waals surface area contributed by atoms with Crippen molar-refractivity contribution in [2.75, 3.05) is 31.5 Å². The normalized spacial score (nSPS) is 14.4. The first-order valence-electron chi connectivity index (χ1n) is 11.4. The molecule has 200 valence electrons. The van der Waals surface area contributed by atoms with Gasteiger partial charge in [-0.25, -0.2) is 18.7 Å². The van der Waals surface area contributed by atoms with Crippen LogP contribution in [0.15, 0.2) is 43.0 Å². The Morgan fingerprint density at radius 2 is 1.95 bits per heavy atom. The van der Waals surface area contributed by atoms with E-state index in [1.54, 1.807) is 23.1 Å². The van der Waals surface area contributed by atoms with E-state index < -0.39 is 30.4 Å². The molecule has 1 aromatic carbocycles. The average molecular weight is 555 g/mol. The molecule has 38 heavy (non-hydrogen) atoms. The molecule has 1 fully saturated rings. The van der Waals surface area contributed by atoms with E-state index in [2.05, 4.69) is 25.7 Å². The SMILES string of the molecule is O=C(c1ccc(Nc2nccn3c(-c4cn(CC(F)F)nc4C(F)(F)F)cnc23)cc1Cl)N1CCNCC1. The molecule has 0 unspecified atom stereocenters. The molecule has 1 aliphatic heterocycles. The molecule has 0 bridgehead atoms. The van der Waals surface area contributed by atoms with Gasteiger partial charge in [0.15, 0.2) is 17.2 Å². The zero-order valence-corrected chi connectivity index (χ0v) is 20.3. The van der Waals surface area contributed by atoms with Crippen molar-refractivity contribution < 1.29 is 26.7 Å². The molecule has 9 nitrogen and oxygen atoms in total. The van der Waals surface area contributed by atoms with E-state index in [1.165, 1.54) is 23.0 Å². The first-order valence-corrected chi connectivity index (χ1v) is 11.8. The highest BCUT2D eigenvalue weighted by atomic mass is 35.5. The Balaban J connectivity index is 1.45. The van der Waals surface area contributed by atoms with Gasteiger partial charge in [0.05, 0.1) is 28.0 Å². The summed E-state index contributed by atoms with van der Waals surface area (Å²) in [6, 6.07) is 4.76. The lowest BCUT2D eigenvalue weighted by atomic mass is 10.1. The fraction of sp³-hybridized carbons (Fsp3) is 0.304. The van der Waals surface area contributed by atoms with Crippen molar-refractivity contribution in [1.82, 2.24) is 34.4 Å². The maximum atomic E-state index is 13.6. The summed E-state index contributed by atoms with van der Waals surface area (Å²) in [7, 11) is 0. The number of hydrogen-bond acceptors (Lipinski definition) is 6. The van der Waals surface area contributed by atoms with Crippen molar-refractivity contribution in [2.24, 2.45) is 0 Å². The van der Waals surface area contributed by atoms with Crippen molar-refractivity contribution in [3.05, 3.63) is 59.3 Å². The number of carbonyl (C=O) groups is 1. The van der Waals surface area contributed by atoms with E-state index in [4.69, 9.17) is 11.6 Å². The number of imidazole rings is 1. The van der Waals surface area contributed by atoms with Crippen LogP contribution in [-0.2, 0) is 12.7 Å². The molecule has 0 atom stereocenters. The number of alkyl halides is 5. The highest BCUT2D eigenvalue weighted by Crippen LogP contribution is 2.37. The molecule has 1 amide bonds. The molecule has 3 aromatic heterocycles. The second-order valence-corrected chi connectivity index (χ2v) is 8.88. The van der Waals surface area contributed by atoms with Gasteiger partial charge < -0.3 is 15.5 Å². The maximum absolute atomic E-state index is 13.6. The number of aromatic nitrogens is 5. The lowest BCUT2D eigenvalue weighted by Crippen LogP contribution is -2.46. The molecule has 0 aliphatic carbocycles. The number of nitrogens with one attached hydrogen (secondary N) is 2. The zero-order valence-electron chi connectivity index (χ0n) is 19.5. The quantitative estimate of drug-likeness (QED) is 0.345. The molecule has 2 N–H and O–H groups in total. The highest BCUT2D eigenvalue weighted by molar-refractivity contribution is 6.34. The molecular weight excluding hydrogens is 535 g/mol. The van der Waals surface area contributed by atoms with Crippen LogP contribution < -0.4 is 10.6 Å². The minimum Gasteiger partial charge on any atom is -0.337 e. The van der Waals surface area contributed by atoms with Gasteiger partial charge in [-0.05, 0) is 18.2 Å². The molecule has 5 rings (SSSR count). The van der Waals surface area contributed by atoms with Crippen molar-refractivity contribution in [3.63, 3.8) is 0 Å². The molecule has 4 heterocycles. The van der Waals surface area contributed by atoms with Crippen LogP contribution in [0.1, 0.15) is 16.1 Å². The Labute approximate surface area is 217 Å². The second kappa shape index (κ2) is 10.2. The maximum Gasteiger partial charge on any atom is 0.435 e. The smallest absolute Gasteiger partial charge is 0.337 e. The standard InChI is InChI=1S/C23H20ClF5N8O/c24-16-9-13(1-2-14(16)22(38)35-6-3-30-4-7-35)33-20-21-32-10-17(37(21)8-5-31-20)15-11-36(12-18(25)26)34-19(15)23(27,28)29/h1-2,5,8-11,18,30H,3-4,6-7,12H2,(H,31,33). The van der Waals surface area contributed by atoms with E-state index in [-0.39, 0.29) is 28.1 Å². The molecule has 1 aliphatic rings. The van der Waals surface area contributed by atoms with Gasteiger partial charge in [0.1, 0.15) is 6.54 Å². The van der Waals surface area contributed by atoms with E-state index in [9.17, 15) is 26.7 Å². The van der Waals surface area contributed by atoms with Crippen LogP contribution in [0, 0.1) is 0 Å². The van der Waals surface area contributed by atoms with Gasteiger partial charge in [-0.3, -0.25) is 13.9 Å². The molecule has 0 saturated carbocycles. The third-order valence-corrected chi connectivity index (χ3v) is 6.24. The van der Waals surface area contributed by atoms with Gasteiger partial charge >= 0.3 is 6.18 Å². The number of piperazine rings is 1. The molecule has 1 saturated heterocycles. The summed E-state index contributed by atoms with van der Waals surface area (Å²) in [4.78, 5) is 22.9. The van der Waals surface area contributed by atoms with Gasteiger partial charge in [-0.15, -0.1) is 0 Å². The third-order valence-electron chi connectivity index (χ3n) is 5.93. The van der Waals surface area contributed by atoms with Crippen LogP contribution in [0.5, 0.6) is 0 Å². The minimum absolute atomic E-state index is 0.00621. The lowest BCUT2D eigenvalue weighted by molar-refractivity contribution is -0.141. The summed E-state index contributed by atoms with van der Waals surface area (Å²) in [6.45, 7) is 1.55. The van der Waals surface area contributed by atoms with E-state index >= 15 is 0 Å². The predicted octanol–water partition coefficient (Wildman–Crippen LogP) is 4.32. The van der Waals surface area contributed by atoms with Gasteiger partial charge in [0, 0.05) is 50.5 Å². The Kier molecular flexibility index (Phi) is 6.92. The summed E-state index contributed by atoms with van der Waals surface area (Å²) >= 11 is 6.40. The summed E-state index contributed by atoms with van der Waals surface area (Å²) in [5.41, 5.74) is -0.723. The average Bonchev–Trinajstić information content (AvgIpc) is 3.49. The number of rotatable bonds is 6. The van der Waals surface area contributed by atoms with Gasteiger partial charge in [0.2, 0.25) is 0 Å². The number of fused-ring (bicyclic) bond motifs is 1. The van der Waals surface area contributed by atoms with Crippen LogP contribution >= 0.6 is 11.6 Å². The van der Waals surface area contributed by atoms with Gasteiger partial charge in [0.25, 0.3) is 12.3 Å². The number of halogens is 6. The van der Waals surface area contributed by atoms with Gasteiger partial charge in [-0.1, -0.05) is 11.6 Å². The number of carbonyl (C=O) groups excluding carboxylic acids is 1. The summed E-state index contributed by atoms with van der Waals surface area (Å²) in [6.07, 6.45) is -2.90. The predicted molar refractivity (Wildman–Crippen MR) is 129 cm³/mol. The third kappa shape index (κ3) is 5.13. The fourth-order valence-electron chi connectivity index (χ4n) is 4.20. The Morgan fingerprint density at radius 3 is 2.63 bits per heavy atom. The summed E-state index contributed by atoms with van der Waals surface area (Å²) < 4.78 is 68.4. The Morgan fingerprint density at radius 1 is 1.18 bits per heavy atom. The van der Waals surface area contributed by atoms with Crippen LogP contribution in [-0.4, -0.2) is 67.6 Å².